The Bertz CT molecular complexity index is 506. The molecule has 1 fully saturated rings. The lowest BCUT2D eigenvalue weighted by Crippen LogP contribution is -2.47. The smallest absolute Gasteiger partial charge is 0.0449 e. The molecule has 1 saturated heterocycles. The van der Waals surface area contributed by atoms with E-state index in [0.29, 0.717) is 12.0 Å². The molecule has 2 aliphatic rings. The normalized spacial score (nSPS) is 26.1. The zero-order valence-corrected chi connectivity index (χ0v) is 13.2. The Labute approximate surface area is 128 Å². The van der Waals surface area contributed by atoms with E-state index in [2.05, 4.69) is 60.6 Å². The molecule has 114 valence electrons. The Hall–Kier alpha value is -1.32. The quantitative estimate of drug-likeness (QED) is 0.892. The molecule has 2 unspecified atom stereocenters. The first-order valence-corrected chi connectivity index (χ1v) is 8.03. The molecule has 3 N–H and O–H groups in total. The minimum Gasteiger partial charge on any atom is -0.386 e. The minimum atomic E-state index is 0.119. The van der Waals surface area contributed by atoms with E-state index in [1.54, 1.807) is 0 Å². The SMILES string of the molecule is CC(C)(CN)C1=CNC2CN(Cc3ccccc3)CCC12. The number of nitrogens with one attached hydrogen (secondary N) is 1. The molecule has 1 aromatic rings. The largest absolute Gasteiger partial charge is 0.386 e. The van der Waals surface area contributed by atoms with Crippen molar-refractivity contribution in [2.75, 3.05) is 19.6 Å². The molecule has 2 atom stereocenters. The van der Waals surface area contributed by atoms with E-state index in [1.165, 1.54) is 24.1 Å². The Morgan fingerprint density at radius 2 is 2.05 bits per heavy atom. The molecule has 0 radical (unpaired) electrons. The van der Waals surface area contributed by atoms with Gasteiger partial charge in [0.1, 0.15) is 0 Å². The van der Waals surface area contributed by atoms with E-state index in [4.69, 9.17) is 5.73 Å². The molecule has 0 bridgehead atoms. The number of piperidine rings is 1. The molecule has 1 aromatic carbocycles. The summed E-state index contributed by atoms with van der Waals surface area (Å²) in [4.78, 5) is 2.57. The number of nitrogens with two attached hydrogens (primary N) is 1. The van der Waals surface area contributed by atoms with Gasteiger partial charge in [-0.15, -0.1) is 0 Å². The van der Waals surface area contributed by atoms with Crippen molar-refractivity contribution in [1.82, 2.24) is 10.2 Å². The van der Waals surface area contributed by atoms with E-state index in [0.717, 1.165) is 19.6 Å². The van der Waals surface area contributed by atoms with Crippen molar-refractivity contribution < 1.29 is 0 Å². The van der Waals surface area contributed by atoms with E-state index in [-0.39, 0.29) is 5.41 Å². The summed E-state index contributed by atoms with van der Waals surface area (Å²) in [6.45, 7) is 8.60. The van der Waals surface area contributed by atoms with Crippen LogP contribution in [0.15, 0.2) is 42.1 Å². The zero-order valence-electron chi connectivity index (χ0n) is 13.2. The van der Waals surface area contributed by atoms with E-state index >= 15 is 0 Å². The van der Waals surface area contributed by atoms with Crippen LogP contribution in [0.4, 0.5) is 0 Å². The summed E-state index contributed by atoms with van der Waals surface area (Å²) in [5.41, 5.74) is 9.01. The van der Waals surface area contributed by atoms with Crippen LogP contribution < -0.4 is 11.1 Å². The van der Waals surface area contributed by atoms with E-state index in [9.17, 15) is 0 Å². The van der Waals surface area contributed by atoms with Crippen molar-refractivity contribution in [2.24, 2.45) is 17.1 Å². The molecule has 0 amide bonds. The summed E-state index contributed by atoms with van der Waals surface area (Å²) in [6.07, 6.45) is 3.48. The molecular formula is C18H27N3. The van der Waals surface area contributed by atoms with Crippen LogP contribution in [-0.2, 0) is 6.54 Å². The maximum atomic E-state index is 5.96. The highest BCUT2D eigenvalue weighted by Gasteiger charge is 2.39. The molecule has 3 heteroatoms. The standard InChI is InChI=1S/C18H27N3/c1-18(2,13-19)16-10-20-17-12-21(9-8-15(16)17)11-14-6-4-3-5-7-14/h3-7,10,15,17,20H,8-9,11-13,19H2,1-2H3. The number of benzene rings is 1. The van der Waals surface area contributed by atoms with Gasteiger partial charge in [0.25, 0.3) is 0 Å². The van der Waals surface area contributed by atoms with Crippen LogP contribution in [0.3, 0.4) is 0 Å². The van der Waals surface area contributed by atoms with Gasteiger partial charge in [-0.25, -0.2) is 0 Å². The maximum absolute atomic E-state index is 5.96. The lowest BCUT2D eigenvalue weighted by molar-refractivity contribution is 0.158. The summed E-state index contributed by atoms with van der Waals surface area (Å²) in [5, 5.41) is 3.61. The Morgan fingerprint density at radius 3 is 2.76 bits per heavy atom. The number of likely N-dealkylation sites (tertiary alicyclic amines) is 1. The van der Waals surface area contributed by atoms with E-state index < -0.39 is 0 Å². The fraction of sp³-hybridized carbons (Fsp3) is 0.556. The topological polar surface area (TPSA) is 41.3 Å². The highest BCUT2D eigenvalue weighted by atomic mass is 15.2. The summed E-state index contributed by atoms with van der Waals surface area (Å²) >= 11 is 0. The minimum absolute atomic E-state index is 0.119. The number of rotatable bonds is 4. The van der Waals surface area contributed by atoms with Crippen molar-refractivity contribution in [1.29, 1.82) is 0 Å². The summed E-state index contributed by atoms with van der Waals surface area (Å²) in [6, 6.07) is 11.3. The lowest BCUT2D eigenvalue weighted by Gasteiger charge is -2.39. The molecule has 21 heavy (non-hydrogen) atoms. The fourth-order valence-corrected chi connectivity index (χ4v) is 3.66. The summed E-state index contributed by atoms with van der Waals surface area (Å²) < 4.78 is 0. The van der Waals surface area contributed by atoms with Gasteiger partial charge in [0.2, 0.25) is 0 Å². The van der Waals surface area contributed by atoms with Gasteiger partial charge in [0.05, 0.1) is 0 Å². The van der Waals surface area contributed by atoms with Gasteiger partial charge in [-0.2, -0.15) is 0 Å². The molecule has 3 rings (SSSR count). The van der Waals surface area contributed by atoms with Gasteiger partial charge in [0, 0.05) is 31.6 Å². The number of nitrogens with zero attached hydrogens (tertiary/aromatic N) is 1. The van der Waals surface area contributed by atoms with Gasteiger partial charge in [-0.05, 0) is 35.7 Å². The first-order valence-electron chi connectivity index (χ1n) is 8.03. The molecular weight excluding hydrogens is 258 g/mol. The zero-order chi connectivity index (χ0) is 14.9. The monoisotopic (exact) mass is 285 g/mol. The third-order valence-electron chi connectivity index (χ3n) is 5.09. The predicted molar refractivity (Wildman–Crippen MR) is 87.7 cm³/mol. The van der Waals surface area contributed by atoms with Gasteiger partial charge < -0.3 is 11.1 Å². The summed E-state index contributed by atoms with van der Waals surface area (Å²) in [5.74, 6) is 0.663. The Morgan fingerprint density at radius 1 is 1.29 bits per heavy atom. The van der Waals surface area contributed by atoms with Gasteiger partial charge in [-0.1, -0.05) is 44.2 Å². The van der Waals surface area contributed by atoms with Crippen LogP contribution in [0.25, 0.3) is 0 Å². The Balaban J connectivity index is 1.62. The first-order chi connectivity index (χ1) is 10.1. The van der Waals surface area contributed by atoms with Crippen molar-refractivity contribution >= 4 is 0 Å². The molecule has 0 saturated carbocycles. The van der Waals surface area contributed by atoms with Crippen molar-refractivity contribution in [3.05, 3.63) is 47.7 Å². The second kappa shape index (κ2) is 5.82. The third-order valence-corrected chi connectivity index (χ3v) is 5.09. The average Bonchev–Trinajstić information content (AvgIpc) is 2.92. The van der Waals surface area contributed by atoms with E-state index in [1.807, 2.05) is 0 Å². The van der Waals surface area contributed by atoms with Crippen molar-refractivity contribution in [3.8, 4) is 0 Å². The van der Waals surface area contributed by atoms with Crippen LogP contribution in [0.5, 0.6) is 0 Å². The predicted octanol–water partition coefficient (Wildman–Crippen LogP) is 2.35. The van der Waals surface area contributed by atoms with Crippen molar-refractivity contribution in [3.63, 3.8) is 0 Å². The van der Waals surface area contributed by atoms with Crippen molar-refractivity contribution in [2.45, 2.75) is 32.9 Å². The average molecular weight is 285 g/mol. The molecule has 2 heterocycles. The third kappa shape index (κ3) is 2.99. The highest BCUT2D eigenvalue weighted by molar-refractivity contribution is 5.25. The number of hydrogen-bond donors (Lipinski definition) is 2. The first kappa shape index (κ1) is 14.6. The van der Waals surface area contributed by atoms with Crippen LogP contribution in [0.1, 0.15) is 25.8 Å². The van der Waals surface area contributed by atoms with Gasteiger partial charge in [0.15, 0.2) is 0 Å². The molecule has 0 aromatic heterocycles. The molecule has 2 aliphatic heterocycles. The highest BCUT2D eigenvalue weighted by Crippen LogP contribution is 2.39. The Kier molecular flexibility index (Phi) is 4.05. The van der Waals surface area contributed by atoms with Gasteiger partial charge >= 0.3 is 0 Å². The van der Waals surface area contributed by atoms with Crippen LogP contribution >= 0.6 is 0 Å². The molecule has 3 nitrogen and oxygen atoms in total. The molecule has 0 spiro atoms. The second-order valence-electron chi connectivity index (χ2n) is 7.08. The fourth-order valence-electron chi connectivity index (χ4n) is 3.66. The second-order valence-corrected chi connectivity index (χ2v) is 7.08. The van der Waals surface area contributed by atoms with Gasteiger partial charge in [-0.3, -0.25) is 4.90 Å². The van der Waals surface area contributed by atoms with Crippen LogP contribution in [0.2, 0.25) is 0 Å². The summed E-state index contributed by atoms with van der Waals surface area (Å²) in [7, 11) is 0. The number of hydrogen-bond acceptors (Lipinski definition) is 3. The molecule has 0 aliphatic carbocycles. The lowest BCUT2D eigenvalue weighted by atomic mass is 9.74. The number of fused-ring (bicyclic) bond motifs is 1. The maximum Gasteiger partial charge on any atom is 0.0449 e. The van der Waals surface area contributed by atoms with Crippen LogP contribution in [-0.4, -0.2) is 30.6 Å². The van der Waals surface area contributed by atoms with Crippen LogP contribution in [0, 0.1) is 11.3 Å².